The van der Waals surface area contributed by atoms with Crippen molar-refractivity contribution in [1.82, 2.24) is 4.98 Å². The number of aromatic nitrogens is 1. The minimum Gasteiger partial charge on any atom is -0.478 e. The molecule has 1 heterocycles. The number of amides is 1. The zero-order chi connectivity index (χ0) is 27.8. The lowest BCUT2D eigenvalue weighted by Crippen LogP contribution is -2.13. The third-order valence-electron chi connectivity index (χ3n) is 5.61. The van der Waals surface area contributed by atoms with Crippen LogP contribution in [0.1, 0.15) is 54.3 Å². The number of hydrogen-bond donors (Lipinski definition) is 2. The number of halogens is 3. The lowest BCUT2D eigenvalue weighted by molar-refractivity contribution is -0.132. The molecule has 0 spiro atoms. The zero-order valence-corrected chi connectivity index (χ0v) is 21.8. The van der Waals surface area contributed by atoms with Gasteiger partial charge in [-0.25, -0.2) is 22.9 Å². The Morgan fingerprint density at radius 1 is 1.21 bits per heavy atom. The number of benzene rings is 2. The van der Waals surface area contributed by atoms with Gasteiger partial charge in [0.2, 0.25) is 0 Å². The van der Waals surface area contributed by atoms with Crippen LogP contribution in [0.15, 0.2) is 41.3 Å². The smallest absolute Gasteiger partial charge is 0.331 e. The average molecular weight is 549 g/mol. The molecule has 0 fully saturated rings. The molecule has 0 radical (unpaired) electrons. The lowest BCUT2D eigenvalue weighted by atomic mass is 10.0. The van der Waals surface area contributed by atoms with Crippen LogP contribution in [-0.4, -0.2) is 42.3 Å². The highest BCUT2D eigenvalue weighted by Crippen LogP contribution is 2.32. The summed E-state index contributed by atoms with van der Waals surface area (Å²) in [5.74, 6) is -4.90. The van der Waals surface area contributed by atoms with E-state index in [1.807, 2.05) is 6.92 Å². The first kappa shape index (κ1) is 29.0. The normalized spacial score (nSPS) is 12.4. The molecule has 11 heteroatoms. The van der Waals surface area contributed by atoms with E-state index in [-0.39, 0.29) is 34.1 Å². The van der Waals surface area contributed by atoms with Gasteiger partial charge in [-0.2, -0.15) is 0 Å². The fourth-order valence-electron chi connectivity index (χ4n) is 3.47. The summed E-state index contributed by atoms with van der Waals surface area (Å²) >= 11 is 1.01. The van der Waals surface area contributed by atoms with E-state index < -0.39 is 41.0 Å². The summed E-state index contributed by atoms with van der Waals surface area (Å²) in [5.41, 5.74) is -0.421. The third-order valence-corrected chi connectivity index (χ3v) is 6.37. The van der Waals surface area contributed by atoms with E-state index in [2.05, 4.69) is 10.3 Å². The molecule has 0 aliphatic heterocycles. The van der Waals surface area contributed by atoms with E-state index >= 15 is 4.39 Å². The second-order valence-corrected chi connectivity index (χ2v) is 9.20. The van der Waals surface area contributed by atoms with Crippen molar-refractivity contribution >= 4 is 34.4 Å². The Kier molecular flexibility index (Phi) is 10.2. The fourth-order valence-corrected chi connectivity index (χ4v) is 4.18. The summed E-state index contributed by atoms with van der Waals surface area (Å²) in [6.07, 6.45) is 2.09. The number of carbonyl (C=O) groups is 2. The highest BCUT2D eigenvalue weighted by molar-refractivity contribution is 7.14. The first-order chi connectivity index (χ1) is 18.2. The summed E-state index contributed by atoms with van der Waals surface area (Å²) in [4.78, 5) is 27.8. The van der Waals surface area contributed by atoms with Crippen LogP contribution in [0.25, 0.3) is 17.3 Å². The number of unbranched alkanes of at least 4 members (excludes halogenated alkanes) is 1. The van der Waals surface area contributed by atoms with Crippen LogP contribution in [-0.2, 0) is 14.3 Å². The summed E-state index contributed by atoms with van der Waals surface area (Å²) in [5, 5.41) is 13.0. The number of carboxylic acids is 1. The minimum absolute atomic E-state index is 0.0903. The lowest BCUT2D eigenvalue weighted by Gasteiger charge is -2.17. The monoisotopic (exact) mass is 548 g/mol. The third kappa shape index (κ3) is 7.06. The van der Waals surface area contributed by atoms with E-state index in [4.69, 9.17) is 14.6 Å². The Labute approximate surface area is 221 Å². The first-order valence-electron chi connectivity index (χ1n) is 11.7. The maximum Gasteiger partial charge on any atom is 0.331 e. The SMILES string of the molecule is CCCCOCC(OC)c1cccc(-c2csc(NC(=O)c3cc(F)c(C=C(C)C(=O)O)c(F)c3)n2)c1F. The van der Waals surface area contributed by atoms with Crippen molar-refractivity contribution in [3.8, 4) is 11.3 Å². The molecule has 1 unspecified atom stereocenters. The van der Waals surface area contributed by atoms with Gasteiger partial charge >= 0.3 is 5.97 Å². The topological polar surface area (TPSA) is 97.8 Å². The molecule has 38 heavy (non-hydrogen) atoms. The summed E-state index contributed by atoms with van der Waals surface area (Å²) in [7, 11) is 1.47. The van der Waals surface area contributed by atoms with Gasteiger partial charge in [0, 0.05) is 46.9 Å². The van der Waals surface area contributed by atoms with Gasteiger partial charge in [0.1, 0.15) is 23.6 Å². The van der Waals surface area contributed by atoms with Crippen molar-refractivity contribution in [2.24, 2.45) is 0 Å². The van der Waals surface area contributed by atoms with Crippen molar-refractivity contribution in [1.29, 1.82) is 0 Å². The van der Waals surface area contributed by atoms with E-state index in [9.17, 15) is 18.4 Å². The van der Waals surface area contributed by atoms with Crippen molar-refractivity contribution in [2.75, 3.05) is 25.6 Å². The van der Waals surface area contributed by atoms with Crippen LogP contribution in [0.4, 0.5) is 18.3 Å². The summed E-state index contributed by atoms with van der Waals surface area (Å²) < 4.78 is 55.2. The van der Waals surface area contributed by atoms with Crippen molar-refractivity contribution < 1.29 is 37.3 Å². The number of methoxy groups -OCH3 is 1. The van der Waals surface area contributed by atoms with Crippen LogP contribution < -0.4 is 5.32 Å². The van der Waals surface area contributed by atoms with Gasteiger partial charge in [0.15, 0.2) is 5.13 Å². The Morgan fingerprint density at radius 2 is 1.92 bits per heavy atom. The van der Waals surface area contributed by atoms with Gasteiger partial charge in [-0.15, -0.1) is 11.3 Å². The molecule has 1 aromatic heterocycles. The number of hydrogen-bond acceptors (Lipinski definition) is 6. The molecule has 0 bridgehead atoms. The van der Waals surface area contributed by atoms with Crippen LogP contribution in [0.2, 0.25) is 0 Å². The number of anilines is 1. The minimum atomic E-state index is -1.33. The van der Waals surface area contributed by atoms with E-state index in [1.165, 1.54) is 14.0 Å². The van der Waals surface area contributed by atoms with Gasteiger partial charge in [0.05, 0.1) is 12.3 Å². The number of thiazole rings is 1. The molecule has 3 aromatic rings. The zero-order valence-electron chi connectivity index (χ0n) is 21.0. The highest BCUT2D eigenvalue weighted by atomic mass is 32.1. The maximum atomic E-state index is 15.4. The van der Waals surface area contributed by atoms with E-state index in [0.717, 1.165) is 42.4 Å². The summed E-state index contributed by atoms with van der Waals surface area (Å²) in [6, 6.07) is 6.40. The molecular weight excluding hydrogens is 521 g/mol. The number of aliphatic carboxylic acids is 1. The number of nitrogens with one attached hydrogen (secondary N) is 1. The molecule has 2 N–H and O–H groups in total. The van der Waals surface area contributed by atoms with Gasteiger partial charge in [-0.1, -0.05) is 25.5 Å². The maximum absolute atomic E-state index is 15.4. The van der Waals surface area contributed by atoms with Gasteiger partial charge in [0.25, 0.3) is 5.91 Å². The fraction of sp³-hybridized carbons (Fsp3) is 0.296. The number of carboxylic acid groups (broad SMARTS) is 1. The second-order valence-electron chi connectivity index (χ2n) is 8.34. The standard InChI is InChI=1S/C27H27F3N2O5S/c1-4-5-9-37-13-23(36-3)18-8-6-7-17(24(18)30)22-14-38-27(31-22)32-25(33)16-11-20(28)19(21(29)12-16)10-15(2)26(34)35/h6-8,10-12,14,23H,4-5,9,13H2,1-3H3,(H,34,35)(H,31,32,33). The number of rotatable bonds is 12. The van der Waals surface area contributed by atoms with Crippen molar-refractivity contribution in [3.63, 3.8) is 0 Å². The second kappa shape index (κ2) is 13.3. The predicted molar refractivity (Wildman–Crippen MR) is 139 cm³/mol. The number of nitrogens with zero attached hydrogens (tertiary/aromatic N) is 1. The molecule has 1 amide bonds. The molecular formula is C27H27F3N2O5S. The Morgan fingerprint density at radius 3 is 2.55 bits per heavy atom. The predicted octanol–water partition coefficient (Wildman–Crippen LogP) is 6.47. The quantitative estimate of drug-likeness (QED) is 0.199. The largest absolute Gasteiger partial charge is 0.478 e. The van der Waals surface area contributed by atoms with Gasteiger partial charge in [-0.3, -0.25) is 10.1 Å². The van der Waals surface area contributed by atoms with Crippen LogP contribution in [0, 0.1) is 17.5 Å². The van der Waals surface area contributed by atoms with E-state index in [1.54, 1.807) is 23.6 Å². The van der Waals surface area contributed by atoms with Gasteiger partial charge < -0.3 is 14.6 Å². The van der Waals surface area contributed by atoms with Crippen molar-refractivity contribution in [3.05, 3.63) is 75.4 Å². The molecule has 1 atom stereocenters. The Bertz CT molecular complexity index is 1320. The van der Waals surface area contributed by atoms with Crippen molar-refractivity contribution in [2.45, 2.75) is 32.8 Å². The first-order valence-corrected chi connectivity index (χ1v) is 12.6. The van der Waals surface area contributed by atoms with Crippen LogP contribution in [0.3, 0.4) is 0 Å². The molecule has 0 aliphatic rings. The molecule has 2 aromatic carbocycles. The van der Waals surface area contributed by atoms with E-state index in [0.29, 0.717) is 12.2 Å². The molecule has 0 saturated heterocycles. The number of carbonyl (C=O) groups excluding carboxylic acids is 1. The van der Waals surface area contributed by atoms with Gasteiger partial charge in [-0.05, 0) is 37.6 Å². The Hall–Kier alpha value is -3.54. The molecule has 3 rings (SSSR count). The molecule has 0 aliphatic carbocycles. The summed E-state index contributed by atoms with van der Waals surface area (Å²) in [6.45, 7) is 3.96. The molecule has 0 saturated carbocycles. The highest BCUT2D eigenvalue weighted by Gasteiger charge is 2.21. The molecule has 7 nitrogen and oxygen atoms in total. The average Bonchev–Trinajstić information content (AvgIpc) is 3.34. The Balaban J connectivity index is 1.78. The van der Waals surface area contributed by atoms with Crippen LogP contribution >= 0.6 is 11.3 Å². The van der Waals surface area contributed by atoms with Crippen LogP contribution in [0.5, 0.6) is 0 Å². The molecule has 202 valence electrons. The number of ether oxygens (including phenoxy) is 2.